The van der Waals surface area contributed by atoms with Crippen molar-refractivity contribution >= 4 is 5.96 Å². The fourth-order valence-corrected chi connectivity index (χ4v) is 3.50. The van der Waals surface area contributed by atoms with Gasteiger partial charge < -0.3 is 10.6 Å². The Morgan fingerprint density at radius 1 is 1.13 bits per heavy atom. The molecule has 2 N–H and O–H groups in total. The minimum atomic E-state index is 0.532. The van der Waals surface area contributed by atoms with Crippen molar-refractivity contribution in [2.24, 2.45) is 16.6 Å². The lowest BCUT2D eigenvalue weighted by molar-refractivity contribution is 0.322. The van der Waals surface area contributed by atoms with E-state index in [9.17, 15) is 0 Å². The molecular formula is C12H21N3. The molecular weight excluding hydrogens is 186 g/mol. The summed E-state index contributed by atoms with van der Waals surface area (Å²) in [5.41, 5.74) is 6.12. The van der Waals surface area contributed by atoms with Crippen LogP contribution < -0.4 is 5.73 Å². The number of nitrogens with two attached hydrogens (primary N) is 1. The Hall–Kier alpha value is -0.730. The summed E-state index contributed by atoms with van der Waals surface area (Å²) >= 11 is 0. The fourth-order valence-electron chi connectivity index (χ4n) is 3.50. The van der Waals surface area contributed by atoms with Crippen molar-refractivity contribution in [3.8, 4) is 0 Å². The Labute approximate surface area is 91.7 Å². The van der Waals surface area contributed by atoms with E-state index in [0.29, 0.717) is 6.04 Å². The first-order valence-corrected chi connectivity index (χ1v) is 6.43. The SMILES string of the molecule is NC(=NC1CCCC1)N1CC2CCC1C2. The second-order valence-electron chi connectivity index (χ2n) is 5.41. The summed E-state index contributed by atoms with van der Waals surface area (Å²) in [5.74, 6) is 1.75. The van der Waals surface area contributed by atoms with Gasteiger partial charge in [-0.15, -0.1) is 0 Å². The van der Waals surface area contributed by atoms with Crippen molar-refractivity contribution in [3.63, 3.8) is 0 Å². The van der Waals surface area contributed by atoms with Crippen LogP contribution in [0.25, 0.3) is 0 Å². The van der Waals surface area contributed by atoms with Crippen molar-refractivity contribution < 1.29 is 0 Å². The van der Waals surface area contributed by atoms with E-state index in [4.69, 9.17) is 10.7 Å². The van der Waals surface area contributed by atoms with E-state index < -0.39 is 0 Å². The smallest absolute Gasteiger partial charge is 0.191 e. The molecule has 15 heavy (non-hydrogen) atoms. The van der Waals surface area contributed by atoms with Crippen LogP contribution in [0.3, 0.4) is 0 Å². The highest BCUT2D eigenvalue weighted by Gasteiger charge is 2.38. The molecule has 0 aromatic carbocycles. The zero-order valence-corrected chi connectivity index (χ0v) is 9.36. The van der Waals surface area contributed by atoms with Gasteiger partial charge in [-0.05, 0) is 38.0 Å². The first-order chi connectivity index (χ1) is 7.33. The van der Waals surface area contributed by atoms with Gasteiger partial charge in [0.25, 0.3) is 0 Å². The van der Waals surface area contributed by atoms with Gasteiger partial charge in [0.05, 0.1) is 6.04 Å². The number of nitrogens with zero attached hydrogens (tertiary/aromatic N) is 2. The molecule has 1 heterocycles. The molecule has 2 atom stereocenters. The van der Waals surface area contributed by atoms with Crippen LogP contribution in [0, 0.1) is 5.92 Å². The van der Waals surface area contributed by atoms with Crippen molar-refractivity contribution in [1.29, 1.82) is 0 Å². The molecule has 0 radical (unpaired) electrons. The molecule has 84 valence electrons. The van der Waals surface area contributed by atoms with Gasteiger partial charge in [0, 0.05) is 12.6 Å². The van der Waals surface area contributed by atoms with Crippen molar-refractivity contribution in [3.05, 3.63) is 0 Å². The number of guanidine groups is 1. The van der Waals surface area contributed by atoms with Gasteiger partial charge in [-0.3, -0.25) is 0 Å². The maximum absolute atomic E-state index is 6.12. The topological polar surface area (TPSA) is 41.6 Å². The molecule has 1 saturated heterocycles. The van der Waals surface area contributed by atoms with Gasteiger partial charge in [-0.1, -0.05) is 12.8 Å². The van der Waals surface area contributed by atoms with Gasteiger partial charge in [0.1, 0.15) is 0 Å². The Kier molecular flexibility index (Phi) is 2.33. The van der Waals surface area contributed by atoms with Gasteiger partial charge in [0.2, 0.25) is 0 Å². The highest BCUT2D eigenvalue weighted by molar-refractivity contribution is 5.79. The summed E-state index contributed by atoms with van der Waals surface area (Å²) in [6.45, 7) is 1.17. The van der Waals surface area contributed by atoms with Crippen LogP contribution in [0.4, 0.5) is 0 Å². The number of piperidine rings is 1. The molecule has 1 aliphatic heterocycles. The summed E-state index contributed by atoms with van der Waals surface area (Å²) in [4.78, 5) is 7.06. The van der Waals surface area contributed by atoms with Crippen LogP contribution in [0.2, 0.25) is 0 Å². The fraction of sp³-hybridized carbons (Fsp3) is 0.917. The Morgan fingerprint density at radius 3 is 2.53 bits per heavy atom. The zero-order chi connectivity index (χ0) is 10.3. The average Bonchev–Trinajstić information content (AvgIpc) is 2.93. The number of aliphatic imine (C=N–C) groups is 1. The quantitative estimate of drug-likeness (QED) is 0.525. The van der Waals surface area contributed by atoms with Gasteiger partial charge in [-0.2, -0.15) is 0 Å². The molecule has 2 aliphatic carbocycles. The zero-order valence-electron chi connectivity index (χ0n) is 9.36. The predicted octanol–water partition coefficient (Wildman–Crippen LogP) is 1.73. The summed E-state index contributed by atoms with van der Waals surface area (Å²) in [6.07, 6.45) is 9.30. The number of hydrogen-bond acceptors (Lipinski definition) is 1. The molecule has 3 heteroatoms. The van der Waals surface area contributed by atoms with E-state index in [1.807, 2.05) is 0 Å². The van der Waals surface area contributed by atoms with Gasteiger partial charge in [-0.25, -0.2) is 4.99 Å². The second kappa shape index (κ2) is 3.69. The minimum absolute atomic E-state index is 0.532. The van der Waals surface area contributed by atoms with Crippen LogP contribution in [-0.4, -0.2) is 29.5 Å². The standard InChI is InChI=1S/C12H21N3/c13-12(14-10-3-1-2-4-10)15-8-9-5-6-11(15)7-9/h9-11H,1-8H2,(H2,13,14). The third-order valence-electron chi connectivity index (χ3n) is 4.34. The number of rotatable bonds is 1. The normalized spacial score (nSPS) is 36.8. The van der Waals surface area contributed by atoms with Crippen LogP contribution >= 0.6 is 0 Å². The lowest BCUT2D eigenvalue weighted by atomic mass is 10.1. The van der Waals surface area contributed by atoms with E-state index in [0.717, 1.165) is 17.9 Å². The van der Waals surface area contributed by atoms with E-state index >= 15 is 0 Å². The molecule has 2 saturated carbocycles. The summed E-state index contributed by atoms with van der Waals surface area (Å²) in [6, 6.07) is 1.25. The molecule has 0 aromatic rings. The summed E-state index contributed by atoms with van der Waals surface area (Å²) in [7, 11) is 0. The molecule has 0 aromatic heterocycles. The maximum Gasteiger partial charge on any atom is 0.191 e. The van der Waals surface area contributed by atoms with Crippen molar-refractivity contribution in [2.45, 2.75) is 57.0 Å². The van der Waals surface area contributed by atoms with E-state index in [1.165, 1.54) is 51.5 Å². The molecule has 3 aliphatic rings. The molecule has 2 bridgehead atoms. The molecule has 2 unspecified atom stereocenters. The largest absolute Gasteiger partial charge is 0.370 e. The average molecular weight is 207 g/mol. The second-order valence-corrected chi connectivity index (χ2v) is 5.41. The van der Waals surface area contributed by atoms with Crippen LogP contribution in [-0.2, 0) is 0 Å². The third kappa shape index (κ3) is 1.72. The van der Waals surface area contributed by atoms with Gasteiger partial charge in [0.15, 0.2) is 5.96 Å². The molecule has 3 nitrogen and oxygen atoms in total. The summed E-state index contributed by atoms with van der Waals surface area (Å²) in [5, 5.41) is 0. The maximum atomic E-state index is 6.12. The first-order valence-electron chi connectivity index (χ1n) is 6.43. The lowest BCUT2D eigenvalue weighted by Crippen LogP contribution is -2.43. The molecule has 3 rings (SSSR count). The van der Waals surface area contributed by atoms with Crippen molar-refractivity contribution in [1.82, 2.24) is 4.90 Å². The van der Waals surface area contributed by atoms with Crippen LogP contribution in [0.1, 0.15) is 44.9 Å². The van der Waals surface area contributed by atoms with Crippen LogP contribution in [0.5, 0.6) is 0 Å². The lowest BCUT2D eigenvalue weighted by Gasteiger charge is -2.28. The van der Waals surface area contributed by atoms with E-state index in [2.05, 4.69) is 4.90 Å². The number of fused-ring (bicyclic) bond motifs is 2. The predicted molar refractivity (Wildman–Crippen MR) is 61.7 cm³/mol. The molecule has 3 fully saturated rings. The first kappa shape index (κ1) is 9.49. The molecule has 0 spiro atoms. The molecule has 0 amide bonds. The van der Waals surface area contributed by atoms with E-state index in [1.54, 1.807) is 0 Å². The number of hydrogen-bond donors (Lipinski definition) is 1. The van der Waals surface area contributed by atoms with E-state index in [-0.39, 0.29) is 0 Å². The van der Waals surface area contributed by atoms with Crippen molar-refractivity contribution in [2.75, 3.05) is 6.54 Å². The number of likely N-dealkylation sites (tertiary alicyclic amines) is 1. The Bertz CT molecular complexity index is 268. The third-order valence-corrected chi connectivity index (χ3v) is 4.34. The minimum Gasteiger partial charge on any atom is -0.370 e. The van der Waals surface area contributed by atoms with Crippen LogP contribution in [0.15, 0.2) is 4.99 Å². The highest BCUT2D eigenvalue weighted by atomic mass is 15.3. The summed E-state index contributed by atoms with van der Waals surface area (Å²) < 4.78 is 0. The Morgan fingerprint density at radius 2 is 1.93 bits per heavy atom. The Balaban J connectivity index is 1.66. The van der Waals surface area contributed by atoms with Gasteiger partial charge >= 0.3 is 0 Å². The monoisotopic (exact) mass is 207 g/mol. The highest BCUT2D eigenvalue weighted by Crippen LogP contribution is 2.37.